The highest BCUT2D eigenvalue weighted by Crippen LogP contribution is 2.20. The molecule has 1 atom stereocenters. The average Bonchev–Trinajstić information content (AvgIpc) is 2.39. The zero-order valence-electron chi connectivity index (χ0n) is 11.3. The third-order valence-electron chi connectivity index (χ3n) is 3.09. The highest BCUT2D eigenvalue weighted by molar-refractivity contribution is 9.10. The summed E-state index contributed by atoms with van der Waals surface area (Å²) >= 11 is 3.36. The molecule has 5 heteroatoms. The third-order valence-corrected chi connectivity index (χ3v) is 5.31. The van der Waals surface area contributed by atoms with Crippen LogP contribution in [0.25, 0.3) is 0 Å². The largest absolute Gasteiger partial charge is 0.241 e. The normalized spacial score (nSPS) is 13.2. The minimum atomic E-state index is -3.51. The summed E-state index contributed by atoms with van der Waals surface area (Å²) in [6.07, 6.45) is 0. The van der Waals surface area contributed by atoms with E-state index < -0.39 is 10.0 Å². The molecule has 0 saturated heterocycles. The number of aryl methyl sites for hydroxylation is 1. The molecule has 0 saturated carbocycles. The van der Waals surface area contributed by atoms with Crippen LogP contribution >= 0.6 is 15.9 Å². The van der Waals surface area contributed by atoms with E-state index in [9.17, 15) is 8.42 Å². The van der Waals surface area contributed by atoms with Crippen molar-refractivity contribution in [2.45, 2.75) is 24.8 Å². The first-order valence-corrected chi connectivity index (χ1v) is 8.51. The lowest BCUT2D eigenvalue weighted by molar-refractivity contribution is 0.566. The molecule has 0 amide bonds. The molecule has 0 aliphatic rings. The van der Waals surface area contributed by atoms with Gasteiger partial charge in [-0.3, -0.25) is 0 Å². The molecule has 0 fully saturated rings. The van der Waals surface area contributed by atoms with Crippen molar-refractivity contribution < 1.29 is 8.42 Å². The van der Waals surface area contributed by atoms with E-state index in [0.717, 1.165) is 15.6 Å². The fourth-order valence-electron chi connectivity index (χ4n) is 1.97. The second-order valence-electron chi connectivity index (χ2n) is 4.66. The molecule has 0 spiro atoms. The summed E-state index contributed by atoms with van der Waals surface area (Å²) in [6, 6.07) is 14.3. The Balaban J connectivity index is 2.24. The van der Waals surface area contributed by atoms with Gasteiger partial charge in [-0.1, -0.05) is 46.3 Å². The average molecular weight is 354 g/mol. The van der Waals surface area contributed by atoms with Crippen molar-refractivity contribution in [1.82, 2.24) is 4.72 Å². The van der Waals surface area contributed by atoms with Gasteiger partial charge in [0.2, 0.25) is 10.0 Å². The van der Waals surface area contributed by atoms with Gasteiger partial charge < -0.3 is 0 Å². The smallest absolute Gasteiger partial charge is 0.207 e. The van der Waals surface area contributed by atoms with Crippen molar-refractivity contribution in [3.63, 3.8) is 0 Å². The van der Waals surface area contributed by atoms with E-state index >= 15 is 0 Å². The van der Waals surface area contributed by atoms with E-state index in [0.29, 0.717) is 4.90 Å². The van der Waals surface area contributed by atoms with Gasteiger partial charge in [-0.25, -0.2) is 13.1 Å². The maximum Gasteiger partial charge on any atom is 0.241 e. The first-order chi connectivity index (χ1) is 9.40. The molecule has 0 radical (unpaired) electrons. The quantitative estimate of drug-likeness (QED) is 0.908. The molecule has 1 unspecified atom stereocenters. The molecule has 0 heterocycles. The second kappa shape index (κ2) is 6.08. The van der Waals surface area contributed by atoms with Gasteiger partial charge in [0, 0.05) is 10.5 Å². The van der Waals surface area contributed by atoms with Gasteiger partial charge in [0.15, 0.2) is 0 Å². The predicted octanol–water partition coefficient (Wildman–Crippen LogP) is 3.80. The Morgan fingerprint density at radius 1 is 1.05 bits per heavy atom. The molecule has 0 aliphatic heterocycles. The first kappa shape index (κ1) is 15.2. The maximum atomic E-state index is 12.4. The lowest BCUT2D eigenvalue weighted by atomic mass is 10.1. The van der Waals surface area contributed by atoms with E-state index in [1.807, 2.05) is 37.3 Å². The topological polar surface area (TPSA) is 46.2 Å². The van der Waals surface area contributed by atoms with Crippen LogP contribution in [0, 0.1) is 6.92 Å². The third kappa shape index (κ3) is 3.48. The number of hydrogen-bond acceptors (Lipinski definition) is 2. The van der Waals surface area contributed by atoms with Crippen LogP contribution in [0.2, 0.25) is 0 Å². The Labute approximate surface area is 128 Å². The Hall–Kier alpha value is -1.17. The highest BCUT2D eigenvalue weighted by atomic mass is 79.9. The van der Waals surface area contributed by atoms with E-state index in [1.165, 1.54) is 0 Å². The summed E-state index contributed by atoms with van der Waals surface area (Å²) < 4.78 is 28.4. The Morgan fingerprint density at radius 2 is 1.65 bits per heavy atom. The summed E-state index contributed by atoms with van der Waals surface area (Å²) in [5.74, 6) is 0. The standard InChI is InChI=1S/C15H16BrNO2S/c1-11-5-3-4-6-15(11)20(18,19)17-12(2)13-7-9-14(16)10-8-13/h3-10,12,17H,1-2H3. The molecular weight excluding hydrogens is 338 g/mol. The second-order valence-corrected chi connectivity index (χ2v) is 7.26. The molecular formula is C15H16BrNO2S. The highest BCUT2D eigenvalue weighted by Gasteiger charge is 2.19. The molecule has 2 rings (SSSR count). The Kier molecular flexibility index (Phi) is 4.62. The van der Waals surface area contributed by atoms with Gasteiger partial charge >= 0.3 is 0 Å². The summed E-state index contributed by atoms with van der Waals surface area (Å²) in [4.78, 5) is 0.323. The van der Waals surface area contributed by atoms with E-state index in [2.05, 4.69) is 20.7 Å². The molecule has 3 nitrogen and oxygen atoms in total. The summed E-state index contributed by atoms with van der Waals surface area (Å²) in [5.41, 5.74) is 1.66. The lowest BCUT2D eigenvalue weighted by Crippen LogP contribution is -2.27. The fraction of sp³-hybridized carbons (Fsp3) is 0.200. The van der Waals surface area contributed by atoms with Crippen LogP contribution in [-0.4, -0.2) is 8.42 Å². The number of halogens is 1. The van der Waals surface area contributed by atoms with E-state index in [4.69, 9.17) is 0 Å². The molecule has 1 N–H and O–H groups in total. The maximum absolute atomic E-state index is 12.4. The van der Waals surface area contributed by atoms with Crippen LogP contribution in [0.15, 0.2) is 57.9 Å². The van der Waals surface area contributed by atoms with Crippen molar-refractivity contribution >= 4 is 26.0 Å². The van der Waals surface area contributed by atoms with Gasteiger partial charge in [-0.05, 0) is 43.2 Å². The molecule has 106 valence electrons. The molecule has 2 aromatic carbocycles. The van der Waals surface area contributed by atoms with E-state index in [1.54, 1.807) is 25.1 Å². The van der Waals surface area contributed by atoms with Crippen LogP contribution in [0.1, 0.15) is 24.1 Å². The molecule has 2 aromatic rings. The van der Waals surface area contributed by atoms with E-state index in [-0.39, 0.29) is 6.04 Å². The fourth-order valence-corrected chi connectivity index (χ4v) is 3.72. The van der Waals surface area contributed by atoms with Gasteiger partial charge in [0.1, 0.15) is 0 Å². The van der Waals surface area contributed by atoms with Gasteiger partial charge in [-0.15, -0.1) is 0 Å². The summed E-state index contributed by atoms with van der Waals surface area (Å²) in [6.45, 7) is 3.62. The SMILES string of the molecule is Cc1ccccc1S(=O)(=O)NC(C)c1ccc(Br)cc1. The van der Waals surface area contributed by atoms with Crippen molar-refractivity contribution in [2.75, 3.05) is 0 Å². The predicted molar refractivity (Wildman–Crippen MR) is 84.1 cm³/mol. The number of nitrogens with one attached hydrogen (secondary N) is 1. The number of rotatable bonds is 4. The number of hydrogen-bond donors (Lipinski definition) is 1. The monoisotopic (exact) mass is 353 g/mol. The van der Waals surface area contributed by atoms with Crippen LogP contribution in [-0.2, 0) is 10.0 Å². The minimum Gasteiger partial charge on any atom is -0.207 e. The van der Waals surface area contributed by atoms with Crippen molar-refractivity contribution in [2.24, 2.45) is 0 Å². The molecule has 0 aromatic heterocycles. The van der Waals surface area contributed by atoms with Gasteiger partial charge in [0.25, 0.3) is 0 Å². The van der Waals surface area contributed by atoms with Crippen LogP contribution in [0.4, 0.5) is 0 Å². The number of benzene rings is 2. The summed E-state index contributed by atoms with van der Waals surface area (Å²) in [5, 5.41) is 0. The van der Waals surface area contributed by atoms with Crippen molar-refractivity contribution in [3.05, 3.63) is 64.1 Å². The van der Waals surface area contributed by atoms with Crippen molar-refractivity contribution in [3.8, 4) is 0 Å². The van der Waals surface area contributed by atoms with Gasteiger partial charge in [0.05, 0.1) is 4.90 Å². The first-order valence-electron chi connectivity index (χ1n) is 6.23. The minimum absolute atomic E-state index is 0.285. The zero-order valence-corrected chi connectivity index (χ0v) is 13.7. The Bertz CT molecular complexity index is 696. The molecule has 20 heavy (non-hydrogen) atoms. The van der Waals surface area contributed by atoms with Crippen LogP contribution < -0.4 is 4.72 Å². The molecule has 0 aliphatic carbocycles. The van der Waals surface area contributed by atoms with Crippen LogP contribution in [0.3, 0.4) is 0 Å². The van der Waals surface area contributed by atoms with Gasteiger partial charge in [-0.2, -0.15) is 0 Å². The van der Waals surface area contributed by atoms with Crippen LogP contribution in [0.5, 0.6) is 0 Å². The molecule has 0 bridgehead atoms. The zero-order chi connectivity index (χ0) is 14.8. The number of sulfonamides is 1. The Morgan fingerprint density at radius 3 is 2.25 bits per heavy atom. The lowest BCUT2D eigenvalue weighted by Gasteiger charge is -2.16. The van der Waals surface area contributed by atoms with Crippen molar-refractivity contribution in [1.29, 1.82) is 0 Å². The summed E-state index contributed by atoms with van der Waals surface area (Å²) in [7, 11) is -3.51.